The average Bonchev–Trinajstić information content (AvgIpc) is 2.58. The number of nitrogens with one attached hydrogen (secondary N) is 1. The highest BCUT2D eigenvalue weighted by molar-refractivity contribution is 5.94. The van der Waals surface area contributed by atoms with Crippen LogP contribution in [-0.2, 0) is 11.0 Å². The van der Waals surface area contributed by atoms with Crippen LogP contribution in [-0.4, -0.2) is 42.5 Å². The zero-order valence-corrected chi connectivity index (χ0v) is 13.5. The van der Waals surface area contributed by atoms with Crippen LogP contribution in [0, 0.1) is 5.92 Å². The summed E-state index contributed by atoms with van der Waals surface area (Å²) in [6.45, 7) is -1.26. The third kappa shape index (κ3) is 5.37. The van der Waals surface area contributed by atoms with Crippen LogP contribution in [0.4, 0.5) is 26.3 Å². The zero-order valence-electron chi connectivity index (χ0n) is 13.5. The van der Waals surface area contributed by atoms with E-state index >= 15 is 0 Å². The Kier molecular flexibility index (Phi) is 5.82. The van der Waals surface area contributed by atoms with E-state index in [1.54, 1.807) is 5.32 Å². The molecule has 0 radical (unpaired) electrons. The molecule has 10 heteroatoms. The number of nitrogens with zero attached hydrogens (tertiary/aromatic N) is 1. The highest BCUT2D eigenvalue weighted by atomic mass is 19.4. The molecule has 4 nitrogen and oxygen atoms in total. The molecular weight excluding hydrogens is 366 g/mol. The number of alkyl halides is 6. The topological polar surface area (TPSA) is 49.4 Å². The molecule has 1 aliphatic heterocycles. The van der Waals surface area contributed by atoms with Crippen molar-refractivity contribution in [3.63, 3.8) is 0 Å². The summed E-state index contributed by atoms with van der Waals surface area (Å²) in [5.74, 6) is -2.01. The van der Waals surface area contributed by atoms with Crippen molar-refractivity contribution in [1.82, 2.24) is 10.2 Å². The van der Waals surface area contributed by atoms with Crippen molar-refractivity contribution in [3.8, 4) is 0 Å². The molecule has 2 rings (SSSR count). The van der Waals surface area contributed by atoms with Gasteiger partial charge in [0.2, 0.25) is 5.91 Å². The molecule has 1 saturated heterocycles. The van der Waals surface area contributed by atoms with Crippen LogP contribution in [0.5, 0.6) is 0 Å². The first-order chi connectivity index (χ1) is 12.0. The minimum atomic E-state index is -4.57. The van der Waals surface area contributed by atoms with Crippen molar-refractivity contribution in [3.05, 3.63) is 35.4 Å². The van der Waals surface area contributed by atoms with Crippen molar-refractivity contribution >= 4 is 11.8 Å². The predicted molar refractivity (Wildman–Crippen MR) is 79.1 cm³/mol. The van der Waals surface area contributed by atoms with Crippen molar-refractivity contribution in [1.29, 1.82) is 0 Å². The molecule has 1 aromatic rings. The SMILES string of the molecule is O=C(NCC(F)(F)F)C1CCN(C(=O)c2cccc(C(F)(F)F)c2)CC1. The lowest BCUT2D eigenvalue weighted by Crippen LogP contribution is -2.44. The Morgan fingerprint density at radius 1 is 1.08 bits per heavy atom. The smallest absolute Gasteiger partial charge is 0.347 e. The van der Waals surface area contributed by atoms with E-state index in [0.29, 0.717) is 0 Å². The summed E-state index contributed by atoms with van der Waals surface area (Å²) in [5, 5.41) is 1.80. The minimum Gasteiger partial charge on any atom is -0.347 e. The summed E-state index contributed by atoms with van der Waals surface area (Å²) in [4.78, 5) is 25.3. The van der Waals surface area contributed by atoms with Gasteiger partial charge in [0.25, 0.3) is 5.91 Å². The number of rotatable bonds is 3. The molecular formula is C16H16F6N2O2. The van der Waals surface area contributed by atoms with Crippen molar-refractivity contribution in [2.45, 2.75) is 25.2 Å². The van der Waals surface area contributed by atoms with E-state index < -0.39 is 42.2 Å². The lowest BCUT2D eigenvalue weighted by atomic mass is 9.95. The van der Waals surface area contributed by atoms with Gasteiger partial charge in [-0.2, -0.15) is 26.3 Å². The van der Waals surface area contributed by atoms with E-state index in [2.05, 4.69) is 0 Å². The first-order valence-electron chi connectivity index (χ1n) is 7.78. The van der Waals surface area contributed by atoms with E-state index in [1.165, 1.54) is 11.0 Å². The minimum absolute atomic E-state index is 0.0825. The second-order valence-corrected chi connectivity index (χ2v) is 5.98. The summed E-state index contributed by atoms with van der Waals surface area (Å²) < 4.78 is 74.5. The van der Waals surface area contributed by atoms with Gasteiger partial charge in [0.15, 0.2) is 0 Å². The summed E-state index contributed by atoms with van der Waals surface area (Å²) in [6, 6.07) is 4.01. The number of hydrogen-bond donors (Lipinski definition) is 1. The number of carbonyl (C=O) groups is 2. The van der Waals surface area contributed by atoms with Gasteiger partial charge in [-0.05, 0) is 31.0 Å². The number of hydrogen-bond acceptors (Lipinski definition) is 2. The number of benzene rings is 1. The Hall–Kier alpha value is -2.26. The van der Waals surface area contributed by atoms with Gasteiger partial charge < -0.3 is 10.2 Å². The molecule has 0 bridgehead atoms. The second-order valence-electron chi connectivity index (χ2n) is 5.98. The van der Waals surface area contributed by atoms with Crippen molar-refractivity contribution in [2.75, 3.05) is 19.6 Å². The Morgan fingerprint density at radius 3 is 2.23 bits per heavy atom. The molecule has 0 saturated carbocycles. The van der Waals surface area contributed by atoms with Crippen molar-refractivity contribution in [2.24, 2.45) is 5.92 Å². The third-order valence-corrected chi connectivity index (χ3v) is 4.05. The highest BCUT2D eigenvalue weighted by Crippen LogP contribution is 2.30. The van der Waals surface area contributed by atoms with E-state index in [0.717, 1.165) is 18.2 Å². The molecule has 0 aromatic heterocycles. The molecule has 0 aliphatic carbocycles. The Morgan fingerprint density at radius 2 is 1.69 bits per heavy atom. The molecule has 2 amide bonds. The van der Waals surface area contributed by atoms with Gasteiger partial charge in [0.05, 0.1) is 5.56 Å². The average molecular weight is 382 g/mol. The van der Waals surface area contributed by atoms with Crippen molar-refractivity contribution < 1.29 is 35.9 Å². The Bertz CT molecular complexity index is 663. The second kappa shape index (κ2) is 7.55. The first-order valence-corrected chi connectivity index (χ1v) is 7.78. The summed E-state index contributed by atoms with van der Waals surface area (Å²) in [7, 11) is 0. The van der Waals surface area contributed by atoms with Crippen LogP contribution < -0.4 is 5.32 Å². The molecule has 1 N–H and O–H groups in total. The van der Waals surface area contributed by atoms with E-state index in [4.69, 9.17) is 0 Å². The number of piperidine rings is 1. The van der Waals surface area contributed by atoms with Gasteiger partial charge in [-0.1, -0.05) is 6.07 Å². The standard InChI is InChI=1S/C16H16F6N2O2/c17-15(18,19)9-23-13(25)10-4-6-24(7-5-10)14(26)11-2-1-3-12(8-11)16(20,21)22/h1-3,8,10H,4-7,9H2,(H,23,25). The number of halogens is 6. The van der Waals surface area contributed by atoms with Gasteiger partial charge in [0.1, 0.15) is 6.54 Å². The van der Waals surface area contributed by atoms with Crippen LogP contribution in [0.25, 0.3) is 0 Å². The van der Waals surface area contributed by atoms with E-state index in [1.807, 2.05) is 0 Å². The van der Waals surface area contributed by atoms with Crippen LogP contribution in [0.2, 0.25) is 0 Å². The van der Waals surface area contributed by atoms with Gasteiger partial charge in [0, 0.05) is 24.6 Å². The molecule has 1 aromatic carbocycles. The summed E-state index contributed by atoms with van der Waals surface area (Å²) in [6.07, 6.45) is -8.78. The van der Waals surface area contributed by atoms with Crippen LogP contribution in [0.1, 0.15) is 28.8 Å². The molecule has 26 heavy (non-hydrogen) atoms. The maximum absolute atomic E-state index is 12.7. The van der Waals surface area contributed by atoms with Crippen LogP contribution in [0.3, 0.4) is 0 Å². The predicted octanol–water partition coefficient (Wildman–Crippen LogP) is 3.24. The number of amides is 2. The van der Waals surface area contributed by atoms with Crippen LogP contribution in [0.15, 0.2) is 24.3 Å². The quantitative estimate of drug-likeness (QED) is 0.816. The van der Waals surface area contributed by atoms with Gasteiger partial charge in [-0.3, -0.25) is 9.59 Å². The van der Waals surface area contributed by atoms with E-state index in [9.17, 15) is 35.9 Å². The van der Waals surface area contributed by atoms with E-state index in [-0.39, 0.29) is 31.5 Å². The molecule has 0 atom stereocenters. The maximum Gasteiger partial charge on any atom is 0.416 e. The largest absolute Gasteiger partial charge is 0.416 e. The monoisotopic (exact) mass is 382 g/mol. The zero-order chi connectivity index (χ0) is 19.5. The highest BCUT2D eigenvalue weighted by Gasteiger charge is 2.33. The first kappa shape index (κ1) is 20.1. The lowest BCUT2D eigenvalue weighted by Gasteiger charge is -2.31. The normalized spacial score (nSPS) is 16.5. The fourth-order valence-electron chi connectivity index (χ4n) is 2.69. The van der Waals surface area contributed by atoms with Gasteiger partial charge in [-0.25, -0.2) is 0 Å². The number of likely N-dealkylation sites (tertiary alicyclic amines) is 1. The molecule has 1 heterocycles. The molecule has 1 aliphatic rings. The third-order valence-electron chi connectivity index (χ3n) is 4.05. The summed E-state index contributed by atoms with van der Waals surface area (Å²) >= 11 is 0. The van der Waals surface area contributed by atoms with Gasteiger partial charge >= 0.3 is 12.4 Å². The summed E-state index contributed by atoms with van der Waals surface area (Å²) in [5.41, 5.74) is -1.07. The Balaban J connectivity index is 1.93. The maximum atomic E-state index is 12.7. The van der Waals surface area contributed by atoms with Gasteiger partial charge in [-0.15, -0.1) is 0 Å². The molecule has 1 fully saturated rings. The molecule has 0 spiro atoms. The Labute approximate surface area is 145 Å². The molecule has 0 unspecified atom stereocenters. The fourth-order valence-corrected chi connectivity index (χ4v) is 2.69. The fraction of sp³-hybridized carbons (Fsp3) is 0.500. The number of carbonyl (C=O) groups excluding carboxylic acids is 2. The van der Waals surface area contributed by atoms with Crippen LogP contribution >= 0.6 is 0 Å². The lowest BCUT2D eigenvalue weighted by molar-refractivity contribution is -0.141. The molecule has 144 valence electrons.